The molecular weight excluding hydrogens is 370 g/mol. The van der Waals surface area contributed by atoms with Gasteiger partial charge in [0.05, 0.1) is 5.39 Å². The van der Waals surface area contributed by atoms with E-state index in [1.165, 1.54) is 0 Å². The molecule has 1 aromatic carbocycles. The van der Waals surface area contributed by atoms with Crippen LogP contribution in [0.25, 0.3) is 10.8 Å². The van der Waals surface area contributed by atoms with Crippen molar-refractivity contribution in [1.82, 2.24) is 25.1 Å². The molecule has 4 rings (SSSR count). The third kappa shape index (κ3) is 4.00. The minimum absolute atomic E-state index is 0.103. The van der Waals surface area contributed by atoms with Crippen LogP contribution in [-0.4, -0.2) is 64.3 Å². The van der Waals surface area contributed by atoms with Gasteiger partial charge in [-0.25, -0.2) is 10.1 Å². The van der Waals surface area contributed by atoms with E-state index in [1.54, 1.807) is 6.92 Å². The maximum absolute atomic E-state index is 12.0. The summed E-state index contributed by atoms with van der Waals surface area (Å²) in [6.45, 7) is 8.62. The lowest BCUT2D eigenvalue weighted by Gasteiger charge is -2.35. The maximum atomic E-state index is 12.0. The molecule has 0 saturated carbocycles. The van der Waals surface area contributed by atoms with Crippen LogP contribution in [-0.2, 0) is 0 Å². The van der Waals surface area contributed by atoms with Crippen LogP contribution >= 0.6 is 0 Å². The van der Waals surface area contributed by atoms with Crippen molar-refractivity contribution >= 4 is 22.5 Å². The van der Waals surface area contributed by atoms with Crippen molar-refractivity contribution in [2.45, 2.75) is 13.8 Å². The van der Waals surface area contributed by atoms with Crippen molar-refractivity contribution < 1.29 is 0 Å². The number of H-pyrrole nitrogens is 2. The third-order valence-corrected chi connectivity index (χ3v) is 5.46. The highest BCUT2D eigenvalue weighted by Crippen LogP contribution is 2.22. The van der Waals surface area contributed by atoms with Gasteiger partial charge in [-0.1, -0.05) is 18.2 Å². The Morgan fingerprint density at radius 1 is 1.03 bits per heavy atom. The Balaban J connectivity index is 1.34. The van der Waals surface area contributed by atoms with Crippen molar-refractivity contribution in [2.24, 2.45) is 0 Å². The predicted octanol–water partition coefficient (Wildman–Crippen LogP) is 0.857. The number of aromatic amines is 2. The first kappa shape index (κ1) is 19.1. The summed E-state index contributed by atoms with van der Waals surface area (Å²) < 4.78 is 0. The molecule has 3 aromatic rings. The van der Waals surface area contributed by atoms with Gasteiger partial charge in [0.2, 0.25) is 5.95 Å². The zero-order valence-corrected chi connectivity index (χ0v) is 16.7. The van der Waals surface area contributed by atoms with Gasteiger partial charge in [0.25, 0.3) is 11.1 Å². The van der Waals surface area contributed by atoms with Crippen LogP contribution in [0.5, 0.6) is 0 Å². The first-order chi connectivity index (χ1) is 14.0. The highest BCUT2D eigenvalue weighted by molar-refractivity contribution is 5.91. The first-order valence-electron chi connectivity index (χ1n) is 9.79. The quantitative estimate of drug-likeness (QED) is 0.588. The Hall–Kier alpha value is -3.20. The van der Waals surface area contributed by atoms with E-state index in [-0.39, 0.29) is 11.1 Å². The van der Waals surface area contributed by atoms with Gasteiger partial charge >= 0.3 is 0 Å². The van der Waals surface area contributed by atoms with Crippen LogP contribution in [0, 0.1) is 13.8 Å². The van der Waals surface area contributed by atoms with E-state index < -0.39 is 0 Å². The number of benzene rings is 1. The molecule has 0 amide bonds. The standard InChI is InChI=1S/C20H25N7O2/c1-13-14(2)22-20(23-18(13)28)21-7-8-26-9-11-27(12-10-26)17-15-5-3-4-6-16(15)19(29)25-24-17/h3-6H,7-12H2,1-2H3,(H,25,29)(H2,21,22,23,28). The second-order valence-electron chi connectivity index (χ2n) is 7.30. The second kappa shape index (κ2) is 8.04. The largest absolute Gasteiger partial charge is 0.354 e. The van der Waals surface area contributed by atoms with E-state index in [9.17, 15) is 9.59 Å². The van der Waals surface area contributed by atoms with Gasteiger partial charge in [0.15, 0.2) is 5.82 Å². The van der Waals surface area contributed by atoms with Crippen LogP contribution < -0.4 is 21.3 Å². The van der Waals surface area contributed by atoms with Crippen molar-refractivity contribution in [3.8, 4) is 0 Å². The lowest BCUT2D eigenvalue weighted by molar-refractivity contribution is 0.266. The van der Waals surface area contributed by atoms with Crippen LogP contribution in [0.4, 0.5) is 11.8 Å². The molecule has 0 unspecified atom stereocenters. The molecular formula is C20H25N7O2. The molecule has 0 bridgehead atoms. The molecule has 1 aliphatic rings. The molecule has 152 valence electrons. The van der Waals surface area contributed by atoms with Crippen LogP contribution in [0.1, 0.15) is 11.3 Å². The maximum Gasteiger partial charge on any atom is 0.272 e. The Morgan fingerprint density at radius 3 is 2.48 bits per heavy atom. The highest BCUT2D eigenvalue weighted by Gasteiger charge is 2.20. The lowest BCUT2D eigenvalue weighted by Crippen LogP contribution is -2.48. The summed E-state index contributed by atoms with van der Waals surface area (Å²) in [4.78, 5) is 35.5. The van der Waals surface area contributed by atoms with Gasteiger partial charge in [0.1, 0.15) is 0 Å². The highest BCUT2D eigenvalue weighted by atomic mass is 16.1. The number of hydrogen-bond donors (Lipinski definition) is 3. The predicted molar refractivity (Wildman–Crippen MR) is 114 cm³/mol. The molecule has 3 heterocycles. The van der Waals surface area contributed by atoms with Crippen LogP contribution in [0.15, 0.2) is 33.9 Å². The number of aryl methyl sites for hydroxylation is 1. The van der Waals surface area contributed by atoms with Gasteiger partial charge in [0, 0.05) is 55.9 Å². The number of rotatable bonds is 5. The molecule has 0 atom stereocenters. The molecule has 0 aliphatic carbocycles. The number of fused-ring (bicyclic) bond motifs is 1. The van der Waals surface area contributed by atoms with E-state index in [1.807, 2.05) is 31.2 Å². The fraction of sp³-hybridized carbons (Fsp3) is 0.400. The summed E-state index contributed by atoms with van der Waals surface area (Å²) >= 11 is 0. The summed E-state index contributed by atoms with van der Waals surface area (Å²) in [5.41, 5.74) is 1.13. The van der Waals surface area contributed by atoms with E-state index in [0.717, 1.165) is 49.6 Å². The number of anilines is 2. The fourth-order valence-electron chi connectivity index (χ4n) is 3.59. The lowest BCUT2D eigenvalue weighted by atomic mass is 10.1. The minimum atomic E-state index is -0.160. The monoisotopic (exact) mass is 395 g/mol. The summed E-state index contributed by atoms with van der Waals surface area (Å²) in [6.07, 6.45) is 0. The van der Waals surface area contributed by atoms with E-state index in [2.05, 4.69) is 35.3 Å². The Bertz CT molecular complexity index is 1130. The van der Waals surface area contributed by atoms with Gasteiger partial charge in [-0.05, 0) is 19.9 Å². The van der Waals surface area contributed by atoms with Crippen molar-refractivity contribution in [2.75, 3.05) is 49.5 Å². The molecule has 0 radical (unpaired) electrons. The number of hydrogen-bond acceptors (Lipinski definition) is 7. The normalized spacial score (nSPS) is 15.0. The third-order valence-electron chi connectivity index (χ3n) is 5.46. The molecule has 1 fully saturated rings. The summed E-state index contributed by atoms with van der Waals surface area (Å²) in [7, 11) is 0. The number of nitrogens with one attached hydrogen (secondary N) is 3. The molecule has 29 heavy (non-hydrogen) atoms. The molecule has 0 spiro atoms. The average molecular weight is 395 g/mol. The zero-order chi connectivity index (χ0) is 20.4. The van der Waals surface area contributed by atoms with Crippen molar-refractivity contribution in [3.05, 3.63) is 56.2 Å². The average Bonchev–Trinajstić information content (AvgIpc) is 2.73. The smallest absolute Gasteiger partial charge is 0.272 e. The van der Waals surface area contributed by atoms with Gasteiger partial charge in [-0.3, -0.25) is 19.5 Å². The van der Waals surface area contributed by atoms with E-state index in [4.69, 9.17) is 0 Å². The Labute approximate surface area is 167 Å². The zero-order valence-electron chi connectivity index (χ0n) is 16.7. The molecule has 9 nitrogen and oxygen atoms in total. The van der Waals surface area contributed by atoms with Crippen LogP contribution in [0.3, 0.4) is 0 Å². The SMILES string of the molecule is Cc1nc(NCCN2CCN(c3n[nH]c(=O)c4ccccc34)CC2)[nH]c(=O)c1C. The number of piperazine rings is 1. The number of aromatic nitrogens is 4. The van der Waals surface area contributed by atoms with E-state index >= 15 is 0 Å². The minimum Gasteiger partial charge on any atom is -0.354 e. The molecule has 2 aromatic heterocycles. The van der Waals surface area contributed by atoms with Crippen LogP contribution in [0.2, 0.25) is 0 Å². The Kier molecular flexibility index (Phi) is 5.30. The van der Waals surface area contributed by atoms with Gasteiger partial charge in [-0.2, -0.15) is 5.10 Å². The first-order valence-corrected chi connectivity index (χ1v) is 9.79. The molecule has 1 aliphatic heterocycles. The van der Waals surface area contributed by atoms with Crippen molar-refractivity contribution in [3.63, 3.8) is 0 Å². The molecule has 3 N–H and O–H groups in total. The second-order valence-corrected chi connectivity index (χ2v) is 7.30. The Morgan fingerprint density at radius 2 is 1.76 bits per heavy atom. The number of nitrogens with zero attached hydrogens (tertiary/aromatic N) is 4. The topological polar surface area (TPSA) is 110 Å². The fourth-order valence-corrected chi connectivity index (χ4v) is 3.59. The van der Waals surface area contributed by atoms with Gasteiger partial charge < -0.3 is 10.2 Å². The summed E-state index contributed by atoms with van der Waals surface area (Å²) in [6, 6.07) is 7.57. The van der Waals surface area contributed by atoms with Gasteiger partial charge in [-0.15, -0.1) is 0 Å². The molecule has 1 saturated heterocycles. The summed E-state index contributed by atoms with van der Waals surface area (Å²) in [5, 5.41) is 11.7. The van der Waals surface area contributed by atoms with E-state index in [0.29, 0.717) is 23.4 Å². The molecule has 9 heteroatoms. The van der Waals surface area contributed by atoms with Crippen molar-refractivity contribution in [1.29, 1.82) is 0 Å². The summed E-state index contributed by atoms with van der Waals surface area (Å²) in [5.74, 6) is 1.34.